The van der Waals surface area contributed by atoms with E-state index in [1.807, 2.05) is 18.2 Å². The molecule has 1 aromatic carbocycles. The molecule has 4 nitrogen and oxygen atoms in total. The maximum absolute atomic E-state index is 10.5. The molecule has 70 valence electrons. The van der Waals surface area contributed by atoms with Crippen LogP contribution < -0.4 is 5.01 Å². The van der Waals surface area contributed by atoms with Crippen LogP contribution in [-0.2, 0) is 0 Å². The summed E-state index contributed by atoms with van der Waals surface area (Å²) in [7, 11) is 0. The molecule has 1 N–H and O–H groups in total. The molecule has 0 amide bonds. The zero-order chi connectivity index (χ0) is 9.68. The molecule has 0 spiro atoms. The van der Waals surface area contributed by atoms with Crippen molar-refractivity contribution in [1.29, 1.82) is 0 Å². The summed E-state index contributed by atoms with van der Waals surface area (Å²) in [6.45, 7) is 1.63. The van der Waals surface area contributed by atoms with E-state index in [0.717, 1.165) is 0 Å². The van der Waals surface area contributed by atoms with Crippen molar-refractivity contribution in [2.45, 2.75) is 13.0 Å². The van der Waals surface area contributed by atoms with E-state index in [2.05, 4.69) is 5.29 Å². The first-order chi connectivity index (χ1) is 6.29. The predicted molar refractivity (Wildman–Crippen MR) is 51.3 cm³/mol. The number of nitroso groups, excluding NO2 is 1. The first-order valence-electron chi connectivity index (χ1n) is 4.08. The molecule has 1 atom stereocenters. The normalized spacial score (nSPS) is 12.2. The van der Waals surface area contributed by atoms with Gasteiger partial charge in [0.25, 0.3) is 0 Å². The zero-order valence-corrected chi connectivity index (χ0v) is 7.42. The Hall–Kier alpha value is -1.42. The number of aliphatic hydroxyl groups is 1. The van der Waals surface area contributed by atoms with E-state index in [9.17, 15) is 4.91 Å². The summed E-state index contributed by atoms with van der Waals surface area (Å²) in [4.78, 5) is 10.5. The molecule has 0 aliphatic carbocycles. The van der Waals surface area contributed by atoms with Crippen molar-refractivity contribution < 1.29 is 5.11 Å². The standard InChI is InChI=1S/C9H12N2O2/c1-8(7-12)11(10-13)9-5-3-2-4-6-9/h2-6,8,12H,7H2,1H3/t8-/m0/s1. The van der Waals surface area contributed by atoms with Crippen molar-refractivity contribution in [3.8, 4) is 0 Å². The van der Waals surface area contributed by atoms with Crippen LogP contribution in [0.2, 0.25) is 0 Å². The van der Waals surface area contributed by atoms with Crippen LogP contribution in [0.1, 0.15) is 6.92 Å². The molecule has 1 aromatic rings. The van der Waals surface area contributed by atoms with Gasteiger partial charge in [-0.05, 0) is 19.1 Å². The number of benzene rings is 1. The fourth-order valence-corrected chi connectivity index (χ4v) is 1.04. The third-order valence-electron chi connectivity index (χ3n) is 1.79. The van der Waals surface area contributed by atoms with E-state index in [4.69, 9.17) is 5.11 Å². The number of nitrogens with zero attached hydrogens (tertiary/aromatic N) is 2. The summed E-state index contributed by atoms with van der Waals surface area (Å²) >= 11 is 0. The number of aliphatic hydroxyl groups excluding tert-OH is 1. The summed E-state index contributed by atoms with van der Waals surface area (Å²) in [5.74, 6) is 0. The minimum Gasteiger partial charge on any atom is -0.394 e. The van der Waals surface area contributed by atoms with Crippen molar-refractivity contribution in [3.05, 3.63) is 35.2 Å². The molecule has 0 heterocycles. The number of para-hydroxylation sites is 1. The molecule has 0 radical (unpaired) electrons. The molecule has 0 aromatic heterocycles. The average Bonchev–Trinajstić information content (AvgIpc) is 2.20. The van der Waals surface area contributed by atoms with Crippen LogP contribution in [0.3, 0.4) is 0 Å². The highest BCUT2D eigenvalue weighted by atomic mass is 16.3. The van der Waals surface area contributed by atoms with Gasteiger partial charge in [-0.1, -0.05) is 18.2 Å². The molecule has 4 heteroatoms. The quantitative estimate of drug-likeness (QED) is 0.565. The van der Waals surface area contributed by atoms with E-state index < -0.39 is 0 Å². The maximum Gasteiger partial charge on any atom is 0.0760 e. The molecule has 0 saturated carbocycles. The van der Waals surface area contributed by atoms with Crippen molar-refractivity contribution >= 4 is 5.69 Å². The smallest absolute Gasteiger partial charge is 0.0760 e. The summed E-state index contributed by atoms with van der Waals surface area (Å²) in [5, 5.41) is 13.0. The van der Waals surface area contributed by atoms with Crippen molar-refractivity contribution in [2.24, 2.45) is 5.29 Å². The van der Waals surface area contributed by atoms with E-state index in [1.165, 1.54) is 5.01 Å². The maximum atomic E-state index is 10.5. The Balaban J connectivity index is 2.84. The van der Waals surface area contributed by atoms with Gasteiger partial charge in [0.05, 0.1) is 23.6 Å². The monoisotopic (exact) mass is 180 g/mol. The molecule has 0 aliphatic heterocycles. The van der Waals surface area contributed by atoms with Crippen LogP contribution in [0, 0.1) is 4.91 Å². The SMILES string of the molecule is C[C@@H](CO)N(N=O)c1ccccc1. The van der Waals surface area contributed by atoms with E-state index >= 15 is 0 Å². The Morgan fingerprint density at radius 2 is 2.08 bits per heavy atom. The minimum absolute atomic E-state index is 0.0966. The Morgan fingerprint density at radius 1 is 1.46 bits per heavy atom. The van der Waals surface area contributed by atoms with Crippen LogP contribution in [0.25, 0.3) is 0 Å². The fraction of sp³-hybridized carbons (Fsp3) is 0.333. The van der Waals surface area contributed by atoms with Gasteiger partial charge in [-0.2, -0.15) is 0 Å². The Morgan fingerprint density at radius 3 is 2.54 bits per heavy atom. The van der Waals surface area contributed by atoms with Gasteiger partial charge >= 0.3 is 0 Å². The summed E-state index contributed by atoms with van der Waals surface area (Å²) in [5.41, 5.74) is 0.694. The van der Waals surface area contributed by atoms with E-state index in [1.54, 1.807) is 19.1 Å². The molecule has 0 bridgehead atoms. The summed E-state index contributed by atoms with van der Waals surface area (Å²) in [6.07, 6.45) is 0. The first kappa shape index (κ1) is 9.67. The van der Waals surface area contributed by atoms with Gasteiger partial charge in [-0.3, -0.25) is 0 Å². The first-order valence-corrected chi connectivity index (χ1v) is 4.08. The molecule has 0 unspecified atom stereocenters. The third kappa shape index (κ3) is 2.26. The van der Waals surface area contributed by atoms with Gasteiger partial charge in [-0.15, -0.1) is 4.91 Å². The predicted octanol–water partition coefficient (Wildman–Crippen LogP) is 1.56. The fourth-order valence-electron chi connectivity index (χ4n) is 1.04. The minimum atomic E-state index is -0.292. The Labute approximate surface area is 76.7 Å². The Kier molecular flexibility index (Phi) is 3.40. The van der Waals surface area contributed by atoms with Crippen molar-refractivity contribution in [1.82, 2.24) is 0 Å². The van der Waals surface area contributed by atoms with Gasteiger partial charge in [0.15, 0.2) is 0 Å². The van der Waals surface area contributed by atoms with Gasteiger partial charge in [-0.25, -0.2) is 5.01 Å². The molecular weight excluding hydrogens is 168 g/mol. The number of rotatable bonds is 4. The van der Waals surface area contributed by atoms with Crippen LogP contribution in [0.4, 0.5) is 5.69 Å². The van der Waals surface area contributed by atoms with Gasteiger partial charge in [0, 0.05) is 0 Å². The van der Waals surface area contributed by atoms with Crippen molar-refractivity contribution in [3.63, 3.8) is 0 Å². The van der Waals surface area contributed by atoms with Gasteiger partial charge in [0.1, 0.15) is 0 Å². The van der Waals surface area contributed by atoms with E-state index in [0.29, 0.717) is 5.69 Å². The molecule has 13 heavy (non-hydrogen) atoms. The molecule has 1 rings (SSSR count). The van der Waals surface area contributed by atoms with Crippen LogP contribution >= 0.6 is 0 Å². The molecule has 0 saturated heterocycles. The highest BCUT2D eigenvalue weighted by Gasteiger charge is 2.13. The second kappa shape index (κ2) is 4.57. The van der Waals surface area contributed by atoms with Gasteiger partial charge in [0.2, 0.25) is 0 Å². The lowest BCUT2D eigenvalue weighted by Crippen LogP contribution is -2.30. The van der Waals surface area contributed by atoms with Crippen LogP contribution in [0.5, 0.6) is 0 Å². The highest BCUT2D eigenvalue weighted by Crippen LogP contribution is 2.15. The number of hydrogen-bond donors (Lipinski definition) is 1. The molecule has 0 fully saturated rings. The molecule has 0 aliphatic rings. The van der Waals surface area contributed by atoms with Crippen LogP contribution in [0.15, 0.2) is 35.6 Å². The van der Waals surface area contributed by atoms with Gasteiger partial charge < -0.3 is 5.11 Å². The summed E-state index contributed by atoms with van der Waals surface area (Å²) in [6, 6.07) is 8.74. The van der Waals surface area contributed by atoms with E-state index in [-0.39, 0.29) is 12.6 Å². The second-order valence-electron chi connectivity index (χ2n) is 2.79. The highest BCUT2D eigenvalue weighted by molar-refractivity contribution is 5.45. The lowest BCUT2D eigenvalue weighted by Gasteiger charge is -2.20. The lowest BCUT2D eigenvalue weighted by molar-refractivity contribution is 0.267. The zero-order valence-electron chi connectivity index (χ0n) is 7.42. The third-order valence-corrected chi connectivity index (χ3v) is 1.79. The Bertz CT molecular complexity index is 264. The van der Waals surface area contributed by atoms with Crippen molar-refractivity contribution in [2.75, 3.05) is 11.6 Å². The summed E-state index contributed by atoms with van der Waals surface area (Å²) < 4.78 is 0. The average molecular weight is 180 g/mol. The molecular formula is C9H12N2O2. The van der Waals surface area contributed by atoms with Crippen LogP contribution in [-0.4, -0.2) is 17.8 Å². The largest absolute Gasteiger partial charge is 0.394 e. The topological polar surface area (TPSA) is 52.9 Å². The second-order valence-corrected chi connectivity index (χ2v) is 2.79. The number of anilines is 1. The lowest BCUT2D eigenvalue weighted by atomic mass is 10.2. The number of hydrogen-bond acceptors (Lipinski definition) is 3.